The molecule has 0 saturated carbocycles. The molecule has 0 saturated heterocycles. The molecular weight excluding hydrogens is 220 g/mol. The molecule has 0 aliphatic carbocycles. The maximum absolute atomic E-state index is 11.3. The highest BCUT2D eigenvalue weighted by Crippen LogP contribution is 1.92. The molecule has 0 bridgehead atoms. The fourth-order valence-corrected chi connectivity index (χ4v) is 1.22. The molecule has 1 amide bonds. The third-order valence-electron chi connectivity index (χ3n) is 1.52. The van der Waals surface area contributed by atoms with Crippen molar-refractivity contribution in [3.05, 3.63) is 24.0 Å². The normalized spacial score (nSPS) is 11.0. The van der Waals surface area contributed by atoms with Crippen LogP contribution in [0.2, 0.25) is 0 Å². The van der Waals surface area contributed by atoms with Crippen LogP contribution >= 0.6 is 0 Å². The molecule has 0 aromatic carbocycles. The SMILES string of the molecule is NS(=O)(=O)CCNC(=O)c1ccnnc1. The van der Waals surface area contributed by atoms with Gasteiger partial charge in [-0.15, -0.1) is 0 Å². The van der Waals surface area contributed by atoms with E-state index in [4.69, 9.17) is 5.14 Å². The van der Waals surface area contributed by atoms with Gasteiger partial charge in [0.15, 0.2) is 0 Å². The number of aromatic nitrogens is 2. The number of carbonyl (C=O) groups excluding carboxylic acids is 1. The minimum atomic E-state index is -3.54. The van der Waals surface area contributed by atoms with Crippen molar-refractivity contribution in [2.45, 2.75) is 0 Å². The van der Waals surface area contributed by atoms with Crippen LogP contribution in [0.1, 0.15) is 10.4 Å². The first-order valence-corrected chi connectivity index (χ1v) is 5.76. The van der Waals surface area contributed by atoms with E-state index < -0.39 is 15.9 Å². The Bertz CT molecular complexity index is 431. The van der Waals surface area contributed by atoms with E-state index in [0.29, 0.717) is 5.56 Å². The lowest BCUT2D eigenvalue weighted by Crippen LogP contribution is -2.31. The summed E-state index contributed by atoms with van der Waals surface area (Å²) in [6, 6.07) is 1.47. The van der Waals surface area contributed by atoms with Gasteiger partial charge in [0, 0.05) is 6.54 Å². The van der Waals surface area contributed by atoms with Crippen LogP contribution in [0.15, 0.2) is 18.5 Å². The van der Waals surface area contributed by atoms with Crippen LogP contribution in [0, 0.1) is 0 Å². The number of nitrogens with zero attached hydrogens (tertiary/aromatic N) is 2. The molecule has 0 unspecified atom stereocenters. The smallest absolute Gasteiger partial charge is 0.253 e. The van der Waals surface area contributed by atoms with Crippen LogP contribution in [0.5, 0.6) is 0 Å². The van der Waals surface area contributed by atoms with Crippen molar-refractivity contribution in [1.82, 2.24) is 15.5 Å². The van der Waals surface area contributed by atoms with Gasteiger partial charge in [-0.05, 0) is 6.07 Å². The molecule has 1 rings (SSSR count). The van der Waals surface area contributed by atoms with E-state index in [9.17, 15) is 13.2 Å². The maximum atomic E-state index is 11.3. The van der Waals surface area contributed by atoms with Crippen LogP contribution < -0.4 is 10.5 Å². The lowest BCUT2D eigenvalue weighted by Gasteiger charge is -2.02. The summed E-state index contributed by atoms with van der Waals surface area (Å²) in [6.45, 7) is -0.0278. The van der Waals surface area contributed by atoms with Crippen molar-refractivity contribution in [3.8, 4) is 0 Å². The summed E-state index contributed by atoms with van der Waals surface area (Å²) in [7, 11) is -3.54. The Morgan fingerprint density at radius 2 is 2.20 bits per heavy atom. The lowest BCUT2D eigenvalue weighted by molar-refractivity contribution is 0.0955. The Hall–Kier alpha value is -1.54. The van der Waals surface area contributed by atoms with Crippen LogP contribution in [-0.2, 0) is 10.0 Å². The van der Waals surface area contributed by atoms with Crippen LogP contribution in [0.4, 0.5) is 0 Å². The van der Waals surface area contributed by atoms with Gasteiger partial charge in [-0.2, -0.15) is 10.2 Å². The zero-order valence-electron chi connectivity index (χ0n) is 7.75. The Balaban J connectivity index is 2.45. The first kappa shape index (κ1) is 11.5. The number of nitrogens with two attached hydrogens (primary N) is 1. The minimum absolute atomic E-state index is 0.0278. The largest absolute Gasteiger partial charge is 0.351 e. The molecule has 0 aliphatic rings. The number of hydrogen-bond donors (Lipinski definition) is 2. The highest BCUT2D eigenvalue weighted by molar-refractivity contribution is 7.89. The third kappa shape index (κ3) is 4.47. The average Bonchev–Trinajstić information content (AvgIpc) is 2.17. The average molecular weight is 230 g/mol. The highest BCUT2D eigenvalue weighted by atomic mass is 32.2. The van der Waals surface area contributed by atoms with Crippen molar-refractivity contribution in [2.75, 3.05) is 12.3 Å². The van der Waals surface area contributed by atoms with Gasteiger partial charge in [0.25, 0.3) is 5.91 Å². The molecule has 0 fully saturated rings. The van der Waals surface area contributed by atoms with E-state index in [1.54, 1.807) is 0 Å². The van der Waals surface area contributed by atoms with Crippen molar-refractivity contribution in [1.29, 1.82) is 0 Å². The molecule has 0 aliphatic heterocycles. The number of hydrogen-bond acceptors (Lipinski definition) is 5. The number of nitrogens with one attached hydrogen (secondary N) is 1. The van der Waals surface area contributed by atoms with Gasteiger partial charge >= 0.3 is 0 Å². The molecule has 7 nitrogen and oxygen atoms in total. The molecule has 1 aromatic rings. The number of carbonyl (C=O) groups is 1. The number of sulfonamides is 1. The summed E-state index contributed by atoms with van der Waals surface area (Å²) < 4.78 is 21.1. The summed E-state index contributed by atoms with van der Waals surface area (Å²) in [5.41, 5.74) is 0.319. The molecule has 1 aromatic heterocycles. The van der Waals surface area contributed by atoms with Crippen molar-refractivity contribution in [2.24, 2.45) is 5.14 Å². The van der Waals surface area contributed by atoms with Gasteiger partial charge in [-0.25, -0.2) is 13.6 Å². The number of amides is 1. The molecule has 82 valence electrons. The Morgan fingerprint density at radius 1 is 1.47 bits per heavy atom. The monoisotopic (exact) mass is 230 g/mol. The maximum Gasteiger partial charge on any atom is 0.253 e. The Kier molecular flexibility index (Phi) is 3.69. The van der Waals surface area contributed by atoms with E-state index in [-0.39, 0.29) is 12.3 Å². The quantitative estimate of drug-likeness (QED) is 0.652. The summed E-state index contributed by atoms with van der Waals surface area (Å²) in [5, 5.41) is 14.2. The van der Waals surface area contributed by atoms with Crippen LogP contribution in [0.3, 0.4) is 0 Å². The molecule has 1 heterocycles. The molecule has 8 heteroatoms. The van der Waals surface area contributed by atoms with Gasteiger partial charge in [-0.1, -0.05) is 0 Å². The van der Waals surface area contributed by atoms with E-state index in [1.807, 2.05) is 0 Å². The summed E-state index contributed by atoms with van der Waals surface area (Å²) in [6.07, 6.45) is 2.65. The zero-order valence-corrected chi connectivity index (χ0v) is 8.57. The fourth-order valence-electron chi connectivity index (χ4n) is 0.834. The van der Waals surface area contributed by atoms with Gasteiger partial charge < -0.3 is 5.32 Å². The molecule has 0 radical (unpaired) electrons. The zero-order chi connectivity index (χ0) is 11.3. The molecule has 0 spiro atoms. The van der Waals surface area contributed by atoms with Gasteiger partial charge in [-0.3, -0.25) is 4.79 Å². The topological polar surface area (TPSA) is 115 Å². The van der Waals surface area contributed by atoms with Crippen molar-refractivity contribution >= 4 is 15.9 Å². The second-order valence-electron chi connectivity index (χ2n) is 2.75. The lowest BCUT2D eigenvalue weighted by atomic mass is 10.3. The highest BCUT2D eigenvalue weighted by Gasteiger charge is 2.07. The second-order valence-corrected chi connectivity index (χ2v) is 4.49. The predicted molar refractivity (Wildman–Crippen MR) is 52.3 cm³/mol. The summed E-state index contributed by atoms with van der Waals surface area (Å²) in [5.74, 6) is -0.703. The predicted octanol–water partition coefficient (Wildman–Crippen LogP) is -1.51. The van der Waals surface area contributed by atoms with Gasteiger partial charge in [0.1, 0.15) is 0 Å². The van der Waals surface area contributed by atoms with Gasteiger partial charge in [0.05, 0.1) is 23.7 Å². The summed E-state index contributed by atoms with van der Waals surface area (Å²) >= 11 is 0. The second kappa shape index (κ2) is 4.80. The first-order valence-electron chi connectivity index (χ1n) is 4.04. The standard InChI is InChI=1S/C7H10N4O3S/c8-15(13,14)4-3-9-7(12)6-1-2-10-11-5-6/h1-2,5H,3-4H2,(H,9,12)(H2,8,13,14). The number of primary sulfonamides is 1. The van der Waals surface area contributed by atoms with E-state index in [1.165, 1.54) is 18.5 Å². The first-order chi connectivity index (χ1) is 6.99. The Morgan fingerprint density at radius 3 is 2.73 bits per heavy atom. The van der Waals surface area contributed by atoms with Crippen LogP contribution in [-0.4, -0.2) is 36.8 Å². The molecular formula is C7H10N4O3S. The summed E-state index contributed by atoms with van der Waals surface area (Å²) in [4.78, 5) is 11.3. The Labute approximate surface area is 86.7 Å². The van der Waals surface area contributed by atoms with Crippen molar-refractivity contribution in [3.63, 3.8) is 0 Å². The van der Waals surface area contributed by atoms with E-state index >= 15 is 0 Å². The third-order valence-corrected chi connectivity index (χ3v) is 2.29. The molecule has 0 atom stereocenters. The van der Waals surface area contributed by atoms with Crippen molar-refractivity contribution < 1.29 is 13.2 Å². The van der Waals surface area contributed by atoms with E-state index in [2.05, 4.69) is 15.5 Å². The molecule has 15 heavy (non-hydrogen) atoms. The van der Waals surface area contributed by atoms with Gasteiger partial charge in [0.2, 0.25) is 10.0 Å². The molecule has 3 N–H and O–H groups in total. The number of rotatable bonds is 4. The minimum Gasteiger partial charge on any atom is -0.351 e. The van der Waals surface area contributed by atoms with Crippen LogP contribution in [0.25, 0.3) is 0 Å². The fraction of sp³-hybridized carbons (Fsp3) is 0.286. The van der Waals surface area contributed by atoms with E-state index in [0.717, 1.165) is 0 Å².